The molecule has 0 aromatic carbocycles. The third-order valence-corrected chi connectivity index (χ3v) is 4.00. The molecule has 3 N–H and O–H groups in total. The molecule has 0 radical (unpaired) electrons. The van der Waals surface area contributed by atoms with Crippen molar-refractivity contribution in [3.05, 3.63) is 23.7 Å². The maximum absolute atomic E-state index is 12.0. The van der Waals surface area contributed by atoms with Crippen molar-refractivity contribution in [3.8, 4) is 0 Å². The van der Waals surface area contributed by atoms with Crippen molar-refractivity contribution < 1.29 is 9.21 Å². The van der Waals surface area contributed by atoms with E-state index in [1.54, 1.807) is 6.07 Å². The minimum Gasteiger partial charge on any atom is -0.467 e. The second kappa shape index (κ2) is 7.14. The Morgan fingerprint density at radius 1 is 1.50 bits per heavy atom. The summed E-state index contributed by atoms with van der Waals surface area (Å²) in [5, 5.41) is 3.04. The molecule has 1 amide bonds. The monoisotopic (exact) mass is 300 g/mol. The van der Waals surface area contributed by atoms with Gasteiger partial charge in [0.05, 0.1) is 12.1 Å². The van der Waals surface area contributed by atoms with Gasteiger partial charge in [-0.1, -0.05) is 20.3 Å². The molecule has 114 valence electrons. The number of hydrogen-bond acceptors (Lipinski definition) is 3. The molecule has 1 aromatic heterocycles. The zero-order chi connectivity index (χ0) is 13.9. The highest BCUT2D eigenvalue weighted by Crippen LogP contribution is 2.45. The topological polar surface area (TPSA) is 68.3 Å². The highest BCUT2D eigenvalue weighted by molar-refractivity contribution is 5.94. The lowest BCUT2D eigenvalue weighted by atomic mass is 9.64. The van der Waals surface area contributed by atoms with Crippen molar-refractivity contribution in [2.75, 3.05) is 6.54 Å². The number of amides is 1. The van der Waals surface area contributed by atoms with Crippen LogP contribution in [0.25, 0.3) is 0 Å². The van der Waals surface area contributed by atoms with Gasteiger partial charge in [-0.15, -0.1) is 12.4 Å². The normalized spacial score (nSPS) is 16.4. The third kappa shape index (κ3) is 4.00. The highest BCUT2D eigenvalue weighted by atomic mass is 35.5. The molecule has 1 heterocycles. The van der Waals surface area contributed by atoms with E-state index in [1.807, 2.05) is 0 Å². The van der Waals surface area contributed by atoms with Gasteiger partial charge in [0.15, 0.2) is 0 Å². The van der Waals surface area contributed by atoms with Crippen LogP contribution in [0.2, 0.25) is 0 Å². The first-order valence-electron chi connectivity index (χ1n) is 7.10. The number of furan rings is 1. The van der Waals surface area contributed by atoms with E-state index in [0.717, 1.165) is 6.54 Å². The van der Waals surface area contributed by atoms with E-state index in [9.17, 15) is 4.79 Å². The number of halogens is 1. The molecule has 0 atom stereocenters. The predicted octanol–water partition coefficient (Wildman–Crippen LogP) is 3.11. The van der Waals surface area contributed by atoms with Crippen LogP contribution in [-0.4, -0.2) is 12.5 Å². The summed E-state index contributed by atoms with van der Waals surface area (Å²) in [5.41, 5.74) is 6.36. The van der Waals surface area contributed by atoms with Crippen LogP contribution in [0.1, 0.15) is 55.6 Å². The van der Waals surface area contributed by atoms with Gasteiger partial charge in [-0.3, -0.25) is 4.79 Å². The van der Waals surface area contributed by atoms with Crippen molar-refractivity contribution in [1.82, 2.24) is 5.32 Å². The molecule has 1 aromatic rings. The second-order valence-corrected chi connectivity index (χ2v) is 6.14. The minimum atomic E-state index is -0.0570. The first-order valence-corrected chi connectivity index (χ1v) is 7.10. The maximum atomic E-state index is 12.0. The summed E-state index contributed by atoms with van der Waals surface area (Å²) < 4.78 is 5.19. The molecule has 20 heavy (non-hydrogen) atoms. The number of nitrogens with two attached hydrogens (primary N) is 1. The summed E-state index contributed by atoms with van der Waals surface area (Å²) >= 11 is 0. The van der Waals surface area contributed by atoms with Gasteiger partial charge in [-0.25, -0.2) is 0 Å². The Labute approximate surface area is 126 Å². The van der Waals surface area contributed by atoms with E-state index in [2.05, 4.69) is 19.2 Å². The summed E-state index contributed by atoms with van der Waals surface area (Å²) in [4.78, 5) is 12.0. The van der Waals surface area contributed by atoms with Gasteiger partial charge >= 0.3 is 0 Å². The Morgan fingerprint density at radius 3 is 2.65 bits per heavy atom. The van der Waals surface area contributed by atoms with Gasteiger partial charge in [0.25, 0.3) is 5.91 Å². The number of nitrogens with one attached hydrogen (secondary N) is 1. The minimum absolute atomic E-state index is 0. The Balaban J connectivity index is 0.00000200. The summed E-state index contributed by atoms with van der Waals surface area (Å²) in [6.45, 7) is 5.58. The number of hydrogen-bond donors (Lipinski definition) is 2. The van der Waals surface area contributed by atoms with Crippen LogP contribution in [0.3, 0.4) is 0 Å². The Morgan fingerprint density at radius 2 is 2.20 bits per heavy atom. The second-order valence-electron chi connectivity index (χ2n) is 6.14. The smallest absolute Gasteiger partial charge is 0.254 e. The molecule has 4 nitrogen and oxygen atoms in total. The summed E-state index contributed by atoms with van der Waals surface area (Å²) in [6, 6.07) is 1.71. The Bertz CT molecular complexity index is 439. The van der Waals surface area contributed by atoms with Crippen LogP contribution >= 0.6 is 12.4 Å². The molecule has 0 saturated heterocycles. The van der Waals surface area contributed by atoms with Crippen LogP contribution in [0.4, 0.5) is 0 Å². The third-order valence-electron chi connectivity index (χ3n) is 4.00. The van der Waals surface area contributed by atoms with Crippen LogP contribution < -0.4 is 11.1 Å². The van der Waals surface area contributed by atoms with E-state index in [-0.39, 0.29) is 18.3 Å². The molecule has 1 fully saturated rings. The van der Waals surface area contributed by atoms with Crippen LogP contribution in [0.5, 0.6) is 0 Å². The Hall–Kier alpha value is -1.00. The summed E-state index contributed by atoms with van der Waals surface area (Å²) in [5.74, 6) is 1.26. The van der Waals surface area contributed by atoms with Gasteiger partial charge in [0, 0.05) is 6.54 Å². The number of carbonyl (C=O) groups excluding carboxylic acids is 1. The number of rotatable bonds is 6. The van der Waals surface area contributed by atoms with Crippen molar-refractivity contribution in [2.45, 2.75) is 46.1 Å². The van der Waals surface area contributed by atoms with Gasteiger partial charge in [-0.05, 0) is 36.7 Å². The molecule has 1 saturated carbocycles. The molecular weight excluding hydrogens is 276 g/mol. The van der Waals surface area contributed by atoms with E-state index in [4.69, 9.17) is 10.2 Å². The van der Waals surface area contributed by atoms with Crippen molar-refractivity contribution in [2.24, 2.45) is 17.1 Å². The molecule has 0 unspecified atom stereocenters. The van der Waals surface area contributed by atoms with Gasteiger partial charge in [0.1, 0.15) is 12.0 Å². The maximum Gasteiger partial charge on any atom is 0.254 e. The van der Waals surface area contributed by atoms with E-state index >= 15 is 0 Å². The van der Waals surface area contributed by atoms with Crippen molar-refractivity contribution in [3.63, 3.8) is 0 Å². The zero-order valence-corrected chi connectivity index (χ0v) is 13.1. The van der Waals surface area contributed by atoms with Crippen LogP contribution in [0, 0.1) is 11.3 Å². The van der Waals surface area contributed by atoms with Crippen LogP contribution in [0.15, 0.2) is 16.7 Å². The fourth-order valence-electron chi connectivity index (χ4n) is 2.97. The Kier molecular flexibility index (Phi) is 6.08. The molecule has 0 bridgehead atoms. The molecule has 1 aliphatic carbocycles. The van der Waals surface area contributed by atoms with Crippen molar-refractivity contribution in [1.29, 1.82) is 0 Å². The van der Waals surface area contributed by atoms with Crippen LogP contribution in [-0.2, 0) is 6.54 Å². The first-order chi connectivity index (χ1) is 9.04. The van der Waals surface area contributed by atoms with Gasteiger partial charge in [-0.2, -0.15) is 0 Å². The van der Waals surface area contributed by atoms with Gasteiger partial charge < -0.3 is 15.5 Å². The zero-order valence-electron chi connectivity index (χ0n) is 12.3. The van der Waals surface area contributed by atoms with Crippen molar-refractivity contribution >= 4 is 18.3 Å². The SMILES string of the molecule is CC(C)CC1(CNC(=O)c2coc(CN)c2)CCC1.Cl. The molecule has 0 aliphatic heterocycles. The summed E-state index contributed by atoms with van der Waals surface area (Å²) in [7, 11) is 0. The average Bonchev–Trinajstić information content (AvgIpc) is 2.80. The van der Waals surface area contributed by atoms with E-state index < -0.39 is 0 Å². The first kappa shape index (κ1) is 17.1. The molecule has 0 spiro atoms. The highest BCUT2D eigenvalue weighted by Gasteiger charge is 2.37. The molecule has 2 rings (SSSR count). The van der Waals surface area contributed by atoms with E-state index in [1.165, 1.54) is 31.9 Å². The average molecular weight is 301 g/mol. The van der Waals surface area contributed by atoms with Gasteiger partial charge in [0.2, 0.25) is 0 Å². The molecule has 1 aliphatic rings. The lowest BCUT2D eigenvalue weighted by molar-refractivity contribution is 0.0780. The fraction of sp³-hybridized carbons (Fsp3) is 0.667. The fourth-order valence-corrected chi connectivity index (χ4v) is 2.97. The lowest BCUT2D eigenvalue weighted by Crippen LogP contribution is -2.42. The standard InChI is InChI=1S/C15H24N2O2.ClH/c1-11(2)7-15(4-3-5-15)10-17-14(18)12-6-13(8-16)19-9-12;/h6,9,11H,3-5,7-8,10,16H2,1-2H3,(H,17,18);1H. The van der Waals surface area contributed by atoms with E-state index in [0.29, 0.717) is 29.2 Å². The largest absolute Gasteiger partial charge is 0.467 e. The molecule has 5 heteroatoms. The molecular formula is C15H25ClN2O2. The predicted molar refractivity (Wildman–Crippen MR) is 81.9 cm³/mol. The lowest BCUT2D eigenvalue weighted by Gasteiger charge is -2.43. The number of carbonyl (C=O) groups is 1. The summed E-state index contributed by atoms with van der Waals surface area (Å²) in [6.07, 6.45) is 6.40. The quantitative estimate of drug-likeness (QED) is 0.848.